The summed E-state index contributed by atoms with van der Waals surface area (Å²) in [6.07, 6.45) is 1.11. The van der Waals surface area contributed by atoms with Crippen LogP contribution in [0.1, 0.15) is 31.9 Å². The Bertz CT molecular complexity index is 584. The van der Waals surface area contributed by atoms with Crippen molar-refractivity contribution in [2.75, 3.05) is 6.54 Å². The molecule has 0 radical (unpaired) electrons. The van der Waals surface area contributed by atoms with Gasteiger partial charge in [0, 0.05) is 20.6 Å². The largest absolute Gasteiger partial charge is 0.457 e. The topological polar surface area (TPSA) is 21.3 Å². The normalized spacial score (nSPS) is 12.2. The molecule has 4 heteroatoms. The molecule has 112 valence electrons. The number of hydrogen-bond donors (Lipinski definition) is 1. The van der Waals surface area contributed by atoms with E-state index >= 15 is 0 Å². The molecule has 0 aromatic heterocycles. The summed E-state index contributed by atoms with van der Waals surface area (Å²) < 4.78 is 8.11. The van der Waals surface area contributed by atoms with Gasteiger partial charge in [0.1, 0.15) is 11.5 Å². The molecule has 0 aliphatic carbocycles. The summed E-state index contributed by atoms with van der Waals surface area (Å²) in [5, 5.41) is 3.50. The number of rotatable bonds is 6. The highest BCUT2D eigenvalue weighted by Crippen LogP contribution is 2.32. The Morgan fingerprint density at radius 3 is 2.38 bits per heavy atom. The lowest BCUT2D eigenvalue weighted by Gasteiger charge is -2.18. The van der Waals surface area contributed by atoms with Gasteiger partial charge in [-0.05, 0) is 56.3 Å². The molecule has 0 saturated carbocycles. The first-order valence-corrected chi connectivity index (χ1v) is 8.65. The van der Waals surface area contributed by atoms with E-state index in [2.05, 4.69) is 57.1 Å². The van der Waals surface area contributed by atoms with Gasteiger partial charge < -0.3 is 10.1 Å². The van der Waals surface area contributed by atoms with Crippen LogP contribution in [0.15, 0.2) is 51.4 Å². The molecule has 0 spiro atoms. The van der Waals surface area contributed by atoms with Gasteiger partial charge in [-0.15, -0.1) is 0 Å². The van der Waals surface area contributed by atoms with E-state index in [9.17, 15) is 0 Å². The molecule has 2 aromatic rings. The van der Waals surface area contributed by atoms with Crippen LogP contribution in [0.2, 0.25) is 0 Å². The third kappa shape index (κ3) is 4.83. The van der Waals surface area contributed by atoms with Crippen LogP contribution in [0, 0.1) is 0 Å². The molecule has 0 amide bonds. The van der Waals surface area contributed by atoms with Crippen molar-refractivity contribution in [3.63, 3.8) is 0 Å². The van der Waals surface area contributed by atoms with Gasteiger partial charge in [-0.3, -0.25) is 0 Å². The van der Waals surface area contributed by atoms with Gasteiger partial charge >= 0.3 is 0 Å². The predicted octanol–water partition coefficient (Wildman–Crippen LogP) is 6.06. The lowest BCUT2D eigenvalue weighted by Crippen LogP contribution is -2.19. The highest BCUT2D eigenvalue weighted by molar-refractivity contribution is 9.10. The van der Waals surface area contributed by atoms with Crippen molar-refractivity contribution in [2.24, 2.45) is 0 Å². The van der Waals surface area contributed by atoms with Crippen molar-refractivity contribution in [1.82, 2.24) is 5.32 Å². The number of benzene rings is 2. The Morgan fingerprint density at radius 1 is 1.05 bits per heavy atom. The molecule has 21 heavy (non-hydrogen) atoms. The minimum Gasteiger partial charge on any atom is -0.457 e. The molecule has 1 N–H and O–H groups in total. The van der Waals surface area contributed by atoms with Gasteiger partial charge in [-0.25, -0.2) is 0 Å². The lowest BCUT2D eigenvalue weighted by molar-refractivity contribution is 0.460. The van der Waals surface area contributed by atoms with E-state index in [0.29, 0.717) is 0 Å². The molecule has 0 bridgehead atoms. The van der Waals surface area contributed by atoms with E-state index in [0.717, 1.165) is 39.0 Å². The van der Waals surface area contributed by atoms with Crippen molar-refractivity contribution in [3.05, 3.63) is 57.0 Å². The first-order chi connectivity index (χ1) is 10.1. The second-order valence-corrected chi connectivity index (χ2v) is 6.75. The number of hydrogen-bond acceptors (Lipinski definition) is 2. The van der Waals surface area contributed by atoms with Crippen LogP contribution in [0.25, 0.3) is 0 Å². The average molecular weight is 413 g/mol. The van der Waals surface area contributed by atoms with Crippen LogP contribution in [0.3, 0.4) is 0 Å². The van der Waals surface area contributed by atoms with Gasteiger partial charge in [-0.2, -0.15) is 0 Å². The Hall–Kier alpha value is -0.840. The summed E-state index contributed by atoms with van der Waals surface area (Å²) in [6.45, 7) is 5.32. The summed E-state index contributed by atoms with van der Waals surface area (Å²) in [4.78, 5) is 0. The molecule has 0 fully saturated rings. The monoisotopic (exact) mass is 411 g/mol. The summed E-state index contributed by atoms with van der Waals surface area (Å²) in [6, 6.07) is 14.3. The quantitative estimate of drug-likeness (QED) is 0.622. The summed E-state index contributed by atoms with van der Waals surface area (Å²) in [5.74, 6) is 1.71. The molecule has 0 aliphatic heterocycles. The standard InChI is InChI=1S/C17H19Br2NO/c1-3-10-20-12(2)16-9-6-14(19)11-17(16)21-15-7-4-13(18)5-8-15/h4-9,11-12,20H,3,10H2,1-2H3. The smallest absolute Gasteiger partial charge is 0.133 e. The van der Waals surface area contributed by atoms with E-state index < -0.39 is 0 Å². The Kier molecular flexibility index (Phi) is 6.27. The van der Waals surface area contributed by atoms with E-state index in [1.165, 1.54) is 0 Å². The van der Waals surface area contributed by atoms with Gasteiger partial charge in [0.05, 0.1) is 0 Å². The Morgan fingerprint density at radius 2 is 1.71 bits per heavy atom. The van der Waals surface area contributed by atoms with E-state index in [4.69, 9.17) is 4.74 Å². The van der Waals surface area contributed by atoms with Crippen molar-refractivity contribution in [2.45, 2.75) is 26.3 Å². The van der Waals surface area contributed by atoms with Crippen molar-refractivity contribution < 1.29 is 4.74 Å². The first-order valence-electron chi connectivity index (χ1n) is 7.06. The van der Waals surface area contributed by atoms with Crippen LogP contribution < -0.4 is 10.1 Å². The maximum absolute atomic E-state index is 6.06. The molecule has 2 rings (SSSR count). The highest BCUT2D eigenvalue weighted by Gasteiger charge is 2.12. The van der Waals surface area contributed by atoms with Crippen LogP contribution in [-0.2, 0) is 0 Å². The maximum atomic E-state index is 6.06. The third-order valence-corrected chi connectivity index (χ3v) is 4.21. The number of halogens is 2. The molecular formula is C17H19Br2NO. The minimum absolute atomic E-state index is 0.253. The number of ether oxygens (including phenoxy) is 1. The first kappa shape index (κ1) is 16.5. The molecule has 1 atom stereocenters. The second-order valence-electron chi connectivity index (χ2n) is 4.91. The Balaban J connectivity index is 2.24. The molecule has 0 saturated heterocycles. The fourth-order valence-electron chi connectivity index (χ4n) is 2.05. The molecule has 0 heterocycles. The van der Waals surface area contributed by atoms with Crippen LogP contribution in [0.5, 0.6) is 11.5 Å². The second kappa shape index (κ2) is 7.97. The van der Waals surface area contributed by atoms with Gasteiger partial charge in [-0.1, -0.05) is 44.8 Å². The molecule has 2 aromatic carbocycles. The van der Waals surface area contributed by atoms with E-state index in [1.54, 1.807) is 0 Å². The number of nitrogens with one attached hydrogen (secondary N) is 1. The zero-order chi connectivity index (χ0) is 15.2. The lowest BCUT2D eigenvalue weighted by atomic mass is 10.1. The Labute approximate surface area is 143 Å². The molecule has 0 aliphatic rings. The third-order valence-electron chi connectivity index (χ3n) is 3.18. The van der Waals surface area contributed by atoms with Gasteiger partial charge in [0.15, 0.2) is 0 Å². The molecular weight excluding hydrogens is 394 g/mol. The predicted molar refractivity (Wildman–Crippen MR) is 95.1 cm³/mol. The van der Waals surface area contributed by atoms with Crippen molar-refractivity contribution >= 4 is 31.9 Å². The van der Waals surface area contributed by atoms with Crippen LogP contribution in [0.4, 0.5) is 0 Å². The fraction of sp³-hybridized carbons (Fsp3) is 0.294. The molecule has 1 unspecified atom stereocenters. The maximum Gasteiger partial charge on any atom is 0.133 e. The average Bonchev–Trinajstić information content (AvgIpc) is 2.47. The van der Waals surface area contributed by atoms with Crippen LogP contribution >= 0.6 is 31.9 Å². The zero-order valence-electron chi connectivity index (χ0n) is 12.2. The van der Waals surface area contributed by atoms with E-state index in [1.807, 2.05) is 36.4 Å². The van der Waals surface area contributed by atoms with E-state index in [-0.39, 0.29) is 6.04 Å². The van der Waals surface area contributed by atoms with Crippen molar-refractivity contribution in [1.29, 1.82) is 0 Å². The van der Waals surface area contributed by atoms with Crippen LogP contribution in [-0.4, -0.2) is 6.54 Å². The fourth-order valence-corrected chi connectivity index (χ4v) is 2.66. The van der Waals surface area contributed by atoms with Crippen molar-refractivity contribution in [3.8, 4) is 11.5 Å². The summed E-state index contributed by atoms with van der Waals surface area (Å²) in [5.41, 5.74) is 1.16. The van der Waals surface area contributed by atoms with Gasteiger partial charge in [0.25, 0.3) is 0 Å². The zero-order valence-corrected chi connectivity index (χ0v) is 15.4. The van der Waals surface area contributed by atoms with Gasteiger partial charge in [0.2, 0.25) is 0 Å². The minimum atomic E-state index is 0.253. The SMILES string of the molecule is CCCNC(C)c1ccc(Br)cc1Oc1ccc(Br)cc1. The highest BCUT2D eigenvalue weighted by atomic mass is 79.9. The molecule has 2 nitrogen and oxygen atoms in total. The summed E-state index contributed by atoms with van der Waals surface area (Å²) >= 11 is 6.95. The summed E-state index contributed by atoms with van der Waals surface area (Å²) in [7, 11) is 0.